The van der Waals surface area contributed by atoms with Gasteiger partial charge in [0.25, 0.3) is 0 Å². The lowest BCUT2D eigenvalue weighted by atomic mass is 9.74. The molecule has 226 valence electrons. The summed E-state index contributed by atoms with van der Waals surface area (Å²) in [5, 5.41) is 0. The molecule has 8 nitrogen and oxygen atoms in total. The topological polar surface area (TPSA) is 77.5 Å². The van der Waals surface area contributed by atoms with E-state index in [0.29, 0.717) is 56.4 Å². The fourth-order valence-corrected chi connectivity index (χ4v) is 7.37. The number of nitrogens with zero attached hydrogens (tertiary/aromatic N) is 2. The largest absolute Gasteiger partial charge is 0.456 e. The zero-order valence-electron chi connectivity index (χ0n) is 25.6. The van der Waals surface area contributed by atoms with Crippen LogP contribution < -0.4 is 19.3 Å². The van der Waals surface area contributed by atoms with Crippen LogP contribution in [0.2, 0.25) is 0 Å². The van der Waals surface area contributed by atoms with E-state index in [1.807, 2.05) is 123 Å². The van der Waals surface area contributed by atoms with Crippen molar-refractivity contribution < 1.29 is 28.5 Å². The highest BCUT2D eigenvalue weighted by Crippen LogP contribution is 2.62. The number of esters is 2. The number of fused-ring (bicyclic) bond motifs is 12. The van der Waals surface area contributed by atoms with Gasteiger partial charge in [-0.25, -0.2) is 9.59 Å². The molecule has 0 bridgehead atoms. The standard InChI is InChI=1S/C38H28N2O6/c1-39(2)21-13-15-27-31(17-21)43-33-19-30-34(20-29(33)37(27)25-11-7-5-9-23(25)35(41)45-37)44-32-18-22(40(3)4)14-16-28(32)38(30)26-12-8-6-10-24(26)36(42)46-38/h5-20H,1-4H3. The average Bonchev–Trinajstić information content (AvgIpc) is 3.52. The van der Waals surface area contributed by atoms with E-state index in [0.717, 1.165) is 22.5 Å². The van der Waals surface area contributed by atoms with E-state index >= 15 is 0 Å². The van der Waals surface area contributed by atoms with Gasteiger partial charge in [0.05, 0.1) is 22.3 Å². The molecule has 9 rings (SSSR count). The van der Waals surface area contributed by atoms with Crippen molar-refractivity contribution in [1.82, 2.24) is 0 Å². The summed E-state index contributed by atoms with van der Waals surface area (Å²) >= 11 is 0. The normalized spacial score (nSPS) is 20.7. The second kappa shape index (κ2) is 8.91. The summed E-state index contributed by atoms with van der Waals surface area (Å²) in [7, 11) is 7.84. The summed E-state index contributed by atoms with van der Waals surface area (Å²) in [5.41, 5.74) is 4.37. The van der Waals surface area contributed by atoms with Gasteiger partial charge >= 0.3 is 11.9 Å². The number of ether oxygens (including phenoxy) is 4. The molecule has 4 aliphatic rings. The maximum absolute atomic E-state index is 13.5. The second-order valence-corrected chi connectivity index (χ2v) is 12.4. The van der Waals surface area contributed by atoms with Crippen molar-refractivity contribution in [2.24, 2.45) is 0 Å². The smallest absolute Gasteiger partial charge is 0.340 e. The van der Waals surface area contributed by atoms with Crippen LogP contribution in [0.3, 0.4) is 0 Å². The van der Waals surface area contributed by atoms with Crippen LogP contribution >= 0.6 is 0 Å². The molecule has 0 N–H and O–H groups in total. The van der Waals surface area contributed by atoms with Crippen molar-refractivity contribution in [1.29, 1.82) is 0 Å². The third-order valence-electron chi connectivity index (χ3n) is 9.55. The number of anilines is 2. The molecule has 2 atom stereocenters. The molecule has 0 saturated heterocycles. The SMILES string of the molecule is CN(C)c1ccc2c(c1)Oc1cc3c(cc1C21OC(=O)c2ccccc21)Oc1cc(N(C)C)ccc1C31OC(=O)c2ccccc21. The van der Waals surface area contributed by atoms with Crippen molar-refractivity contribution in [2.45, 2.75) is 11.2 Å². The van der Waals surface area contributed by atoms with Gasteiger partial charge in [-0.2, -0.15) is 0 Å². The molecule has 0 saturated carbocycles. The van der Waals surface area contributed by atoms with Gasteiger partial charge in [-0.1, -0.05) is 36.4 Å². The molecule has 5 aromatic rings. The Morgan fingerprint density at radius 1 is 0.457 bits per heavy atom. The third-order valence-corrected chi connectivity index (χ3v) is 9.55. The maximum Gasteiger partial charge on any atom is 0.340 e. The Kier molecular flexibility index (Phi) is 5.16. The molecular weight excluding hydrogens is 580 g/mol. The predicted molar refractivity (Wildman–Crippen MR) is 172 cm³/mol. The lowest BCUT2D eigenvalue weighted by Crippen LogP contribution is -2.36. The van der Waals surface area contributed by atoms with E-state index in [4.69, 9.17) is 18.9 Å². The summed E-state index contributed by atoms with van der Waals surface area (Å²) in [5.74, 6) is 1.25. The van der Waals surface area contributed by atoms with Crippen LogP contribution in [0.1, 0.15) is 54.1 Å². The molecule has 2 unspecified atom stereocenters. The molecule has 0 aromatic heterocycles. The van der Waals surface area contributed by atoms with Crippen molar-refractivity contribution >= 4 is 23.3 Å². The fourth-order valence-electron chi connectivity index (χ4n) is 7.37. The summed E-state index contributed by atoms with van der Waals surface area (Å²) in [6.45, 7) is 0. The van der Waals surface area contributed by atoms with Crippen LogP contribution in [-0.4, -0.2) is 40.1 Å². The Balaban J connectivity index is 1.36. The quantitative estimate of drug-likeness (QED) is 0.199. The van der Waals surface area contributed by atoms with E-state index < -0.39 is 23.1 Å². The Hall–Kier alpha value is -5.76. The lowest BCUT2D eigenvalue weighted by Gasteiger charge is -2.41. The molecule has 5 aromatic carbocycles. The van der Waals surface area contributed by atoms with Gasteiger partial charge in [0.15, 0.2) is 11.2 Å². The van der Waals surface area contributed by atoms with Crippen LogP contribution in [0.25, 0.3) is 0 Å². The van der Waals surface area contributed by atoms with E-state index in [2.05, 4.69) is 0 Å². The molecule has 0 amide bonds. The maximum atomic E-state index is 13.5. The molecule has 0 radical (unpaired) electrons. The fraction of sp³-hybridized carbons (Fsp3) is 0.158. The number of rotatable bonds is 2. The minimum atomic E-state index is -1.29. The van der Waals surface area contributed by atoms with Gasteiger partial charge in [-0.3, -0.25) is 0 Å². The molecule has 8 heteroatoms. The van der Waals surface area contributed by atoms with Gasteiger partial charge in [-0.15, -0.1) is 0 Å². The molecule has 0 aliphatic carbocycles. The molecule has 2 spiro atoms. The second-order valence-electron chi connectivity index (χ2n) is 12.4. The van der Waals surface area contributed by atoms with Crippen molar-refractivity contribution in [2.75, 3.05) is 38.0 Å². The monoisotopic (exact) mass is 608 g/mol. The van der Waals surface area contributed by atoms with Gasteiger partial charge in [0, 0.05) is 74.0 Å². The Bertz CT molecular complexity index is 2030. The number of carbonyl (C=O) groups is 2. The number of benzene rings is 5. The highest BCUT2D eigenvalue weighted by molar-refractivity contribution is 5.98. The highest BCUT2D eigenvalue weighted by atomic mass is 16.6. The van der Waals surface area contributed by atoms with E-state index in [9.17, 15) is 9.59 Å². The Labute approximate surface area is 265 Å². The number of hydrogen-bond acceptors (Lipinski definition) is 8. The van der Waals surface area contributed by atoms with E-state index in [1.54, 1.807) is 12.1 Å². The van der Waals surface area contributed by atoms with Crippen LogP contribution in [-0.2, 0) is 20.7 Å². The van der Waals surface area contributed by atoms with Crippen LogP contribution in [0.5, 0.6) is 23.0 Å². The zero-order valence-corrected chi connectivity index (χ0v) is 25.6. The van der Waals surface area contributed by atoms with Crippen LogP contribution in [0.4, 0.5) is 11.4 Å². The predicted octanol–water partition coefficient (Wildman–Crippen LogP) is 6.95. The van der Waals surface area contributed by atoms with Crippen LogP contribution in [0, 0.1) is 0 Å². The van der Waals surface area contributed by atoms with Crippen molar-refractivity contribution in [3.05, 3.63) is 142 Å². The van der Waals surface area contributed by atoms with Crippen LogP contribution in [0.15, 0.2) is 97.1 Å². The van der Waals surface area contributed by atoms with Gasteiger partial charge in [0.2, 0.25) is 0 Å². The van der Waals surface area contributed by atoms with Gasteiger partial charge in [0.1, 0.15) is 23.0 Å². The first-order valence-corrected chi connectivity index (χ1v) is 15.1. The van der Waals surface area contributed by atoms with E-state index in [-0.39, 0.29) is 0 Å². The molecule has 0 fully saturated rings. The van der Waals surface area contributed by atoms with Gasteiger partial charge in [-0.05, 0) is 48.5 Å². The minimum Gasteiger partial charge on any atom is -0.456 e. The Morgan fingerprint density at radius 3 is 1.26 bits per heavy atom. The molecule has 4 aliphatic heterocycles. The molecule has 46 heavy (non-hydrogen) atoms. The van der Waals surface area contributed by atoms with E-state index in [1.165, 1.54) is 0 Å². The highest BCUT2D eigenvalue weighted by Gasteiger charge is 2.57. The van der Waals surface area contributed by atoms with Gasteiger partial charge < -0.3 is 28.7 Å². The average molecular weight is 609 g/mol. The summed E-state index contributed by atoms with van der Waals surface area (Å²) in [4.78, 5) is 31.0. The number of carbonyl (C=O) groups excluding carboxylic acids is 2. The summed E-state index contributed by atoms with van der Waals surface area (Å²) in [6, 6.07) is 30.4. The summed E-state index contributed by atoms with van der Waals surface area (Å²) < 4.78 is 26.3. The van der Waals surface area contributed by atoms with Crippen molar-refractivity contribution in [3.8, 4) is 23.0 Å². The third kappa shape index (κ3) is 3.22. The van der Waals surface area contributed by atoms with Crippen molar-refractivity contribution in [3.63, 3.8) is 0 Å². The number of hydrogen-bond donors (Lipinski definition) is 0. The molecular formula is C38H28N2O6. The minimum absolute atomic E-state index is 0.416. The first-order valence-electron chi connectivity index (χ1n) is 15.1. The zero-order chi connectivity index (χ0) is 31.5. The lowest BCUT2D eigenvalue weighted by molar-refractivity contribution is 0.0195. The first kappa shape index (κ1) is 26.6. The Morgan fingerprint density at radius 2 is 0.848 bits per heavy atom. The summed E-state index contributed by atoms with van der Waals surface area (Å²) in [6.07, 6.45) is 0. The first-order chi connectivity index (χ1) is 22.2. The molecule has 4 heterocycles.